The van der Waals surface area contributed by atoms with E-state index in [4.69, 9.17) is 0 Å². The van der Waals surface area contributed by atoms with Gasteiger partial charge in [-0.1, -0.05) is 6.07 Å². The number of nitrogens with zero attached hydrogens (tertiary/aromatic N) is 3. The third-order valence-corrected chi connectivity index (χ3v) is 6.40. The van der Waals surface area contributed by atoms with Gasteiger partial charge in [0.2, 0.25) is 5.91 Å². The summed E-state index contributed by atoms with van der Waals surface area (Å²) in [6.07, 6.45) is 1.86. The molecule has 2 heterocycles. The summed E-state index contributed by atoms with van der Waals surface area (Å²) in [6.45, 7) is 1.87. The van der Waals surface area contributed by atoms with E-state index in [1.165, 1.54) is 5.56 Å². The number of carbonyl (C=O) groups is 3. The standard InChI is InChI=1S/C22H20N4O3S/c1-13-2-9-17-18(10-13)30-21(24-17)14-3-5-15(6-4-14)23-19(27)11-26-20(28)12-25(22(26)29)16-7-8-16/h2-6,9-10,16H,7-8,11-12H2,1H3,(H,23,27). The lowest BCUT2D eigenvalue weighted by atomic mass is 10.2. The Morgan fingerprint density at radius 3 is 2.67 bits per heavy atom. The molecule has 2 fully saturated rings. The molecule has 1 aromatic heterocycles. The maximum Gasteiger partial charge on any atom is 0.327 e. The third kappa shape index (κ3) is 3.54. The molecule has 4 amide bonds. The van der Waals surface area contributed by atoms with Gasteiger partial charge in [0.15, 0.2) is 0 Å². The second kappa shape index (κ2) is 7.21. The number of urea groups is 1. The summed E-state index contributed by atoms with van der Waals surface area (Å²) in [5.74, 6) is -0.707. The van der Waals surface area contributed by atoms with Crippen LogP contribution in [0.2, 0.25) is 0 Å². The molecule has 0 radical (unpaired) electrons. The van der Waals surface area contributed by atoms with Gasteiger partial charge in [0.1, 0.15) is 18.1 Å². The number of carbonyl (C=O) groups excluding carboxylic acids is 3. The zero-order valence-corrected chi connectivity index (χ0v) is 17.2. The number of hydrogen-bond acceptors (Lipinski definition) is 5. The molecular weight excluding hydrogens is 400 g/mol. The topological polar surface area (TPSA) is 82.6 Å². The van der Waals surface area contributed by atoms with Gasteiger partial charge in [-0.3, -0.25) is 14.5 Å². The van der Waals surface area contributed by atoms with Crippen molar-refractivity contribution in [2.75, 3.05) is 18.4 Å². The molecular formula is C22H20N4O3S. The van der Waals surface area contributed by atoms with Gasteiger partial charge in [0.05, 0.1) is 10.2 Å². The molecule has 7 nitrogen and oxygen atoms in total. The number of fused-ring (bicyclic) bond motifs is 1. The molecule has 5 rings (SSSR count). The predicted octanol–water partition coefficient (Wildman–Crippen LogP) is 3.64. The first kappa shape index (κ1) is 18.7. The Balaban J connectivity index is 1.25. The summed E-state index contributed by atoms with van der Waals surface area (Å²) in [4.78, 5) is 44.0. The lowest BCUT2D eigenvalue weighted by Gasteiger charge is -2.16. The van der Waals surface area contributed by atoms with Crippen LogP contribution in [0.1, 0.15) is 18.4 Å². The first-order valence-corrected chi connectivity index (χ1v) is 10.7. The molecule has 2 aromatic carbocycles. The van der Waals surface area contributed by atoms with E-state index in [1.807, 2.05) is 24.3 Å². The van der Waals surface area contributed by atoms with Gasteiger partial charge in [-0.05, 0) is 61.7 Å². The average Bonchev–Trinajstić information content (AvgIpc) is 3.42. The fraction of sp³-hybridized carbons (Fsp3) is 0.273. The monoisotopic (exact) mass is 420 g/mol. The lowest BCUT2D eigenvalue weighted by molar-refractivity contribution is -0.129. The SMILES string of the molecule is Cc1ccc2nc(-c3ccc(NC(=O)CN4C(=O)CN(C5CC5)C4=O)cc3)sc2c1. The number of aryl methyl sites for hydroxylation is 1. The van der Waals surface area contributed by atoms with Gasteiger partial charge in [0, 0.05) is 17.3 Å². The molecule has 8 heteroatoms. The molecule has 1 N–H and O–H groups in total. The molecule has 0 spiro atoms. The minimum atomic E-state index is -0.391. The van der Waals surface area contributed by atoms with Crippen LogP contribution in [0.25, 0.3) is 20.8 Å². The Morgan fingerprint density at radius 2 is 1.93 bits per heavy atom. The molecule has 1 aliphatic heterocycles. The van der Waals surface area contributed by atoms with Crippen molar-refractivity contribution in [2.45, 2.75) is 25.8 Å². The highest BCUT2D eigenvalue weighted by Gasteiger charge is 2.44. The fourth-order valence-electron chi connectivity index (χ4n) is 3.58. The van der Waals surface area contributed by atoms with E-state index in [0.717, 1.165) is 38.5 Å². The second-order valence-corrected chi connectivity index (χ2v) is 8.77. The van der Waals surface area contributed by atoms with Gasteiger partial charge in [-0.25, -0.2) is 9.78 Å². The van der Waals surface area contributed by atoms with Crippen LogP contribution in [0.3, 0.4) is 0 Å². The number of thiazole rings is 1. The summed E-state index contributed by atoms with van der Waals surface area (Å²) in [7, 11) is 0. The number of nitrogens with one attached hydrogen (secondary N) is 1. The van der Waals surface area contributed by atoms with Crippen molar-refractivity contribution in [1.29, 1.82) is 0 Å². The van der Waals surface area contributed by atoms with Gasteiger partial charge >= 0.3 is 6.03 Å². The number of anilines is 1. The van der Waals surface area contributed by atoms with Crippen molar-refractivity contribution in [3.8, 4) is 10.6 Å². The van der Waals surface area contributed by atoms with Crippen LogP contribution in [0.5, 0.6) is 0 Å². The van der Waals surface area contributed by atoms with Crippen molar-refractivity contribution in [1.82, 2.24) is 14.8 Å². The van der Waals surface area contributed by atoms with E-state index in [2.05, 4.69) is 23.3 Å². The normalized spacial score (nSPS) is 16.6. The highest BCUT2D eigenvalue weighted by molar-refractivity contribution is 7.21. The Morgan fingerprint density at radius 1 is 1.17 bits per heavy atom. The number of hydrogen-bond donors (Lipinski definition) is 1. The molecule has 0 atom stereocenters. The van der Waals surface area contributed by atoms with Crippen LogP contribution in [-0.2, 0) is 9.59 Å². The maximum atomic E-state index is 12.4. The summed E-state index contributed by atoms with van der Waals surface area (Å²) in [5, 5.41) is 3.68. The molecule has 30 heavy (non-hydrogen) atoms. The Labute approximate surface area is 177 Å². The van der Waals surface area contributed by atoms with Crippen molar-refractivity contribution in [3.63, 3.8) is 0 Å². The van der Waals surface area contributed by atoms with Crippen molar-refractivity contribution >= 4 is 45.1 Å². The Bertz CT molecular complexity index is 1170. The number of benzene rings is 2. The van der Waals surface area contributed by atoms with Crippen LogP contribution >= 0.6 is 11.3 Å². The molecule has 0 unspecified atom stereocenters. The zero-order chi connectivity index (χ0) is 20.8. The van der Waals surface area contributed by atoms with E-state index in [9.17, 15) is 14.4 Å². The van der Waals surface area contributed by atoms with Crippen LogP contribution < -0.4 is 5.32 Å². The van der Waals surface area contributed by atoms with Crippen LogP contribution in [0, 0.1) is 6.92 Å². The number of aromatic nitrogens is 1. The fourth-order valence-corrected chi connectivity index (χ4v) is 4.65. The van der Waals surface area contributed by atoms with E-state index in [-0.39, 0.29) is 31.1 Å². The summed E-state index contributed by atoms with van der Waals surface area (Å²) in [5.41, 5.74) is 3.75. The van der Waals surface area contributed by atoms with E-state index in [0.29, 0.717) is 5.69 Å². The van der Waals surface area contributed by atoms with E-state index in [1.54, 1.807) is 28.4 Å². The first-order valence-electron chi connectivity index (χ1n) is 9.86. The molecule has 2 aliphatic rings. The molecule has 152 valence electrons. The molecule has 1 saturated heterocycles. The van der Waals surface area contributed by atoms with Gasteiger partial charge in [-0.15, -0.1) is 11.3 Å². The van der Waals surface area contributed by atoms with Crippen molar-refractivity contribution in [2.24, 2.45) is 0 Å². The second-order valence-electron chi connectivity index (χ2n) is 7.74. The van der Waals surface area contributed by atoms with Crippen molar-refractivity contribution < 1.29 is 14.4 Å². The zero-order valence-electron chi connectivity index (χ0n) is 16.4. The Hall–Kier alpha value is -3.26. The van der Waals surface area contributed by atoms with Crippen LogP contribution in [0.4, 0.5) is 10.5 Å². The first-order chi connectivity index (χ1) is 14.5. The third-order valence-electron chi connectivity index (χ3n) is 5.33. The minimum Gasteiger partial charge on any atom is -0.325 e. The van der Waals surface area contributed by atoms with Crippen LogP contribution in [-0.4, -0.2) is 51.8 Å². The maximum absolute atomic E-state index is 12.4. The smallest absolute Gasteiger partial charge is 0.325 e. The quantitative estimate of drug-likeness (QED) is 0.639. The number of rotatable bonds is 5. The van der Waals surface area contributed by atoms with E-state index < -0.39 is 5.91 Å². The number of amides is 4. The van der Waals surface area contributed by atoms with Gasteiger partial charge in [0.25, 0.3) is 5.91 Å². The Kier molecular flexibility index (Phi) is 4.51. The summed E-state index contributed by atoms with van der Waals surface area (Å²) < 4.78 is 1.14. The minimum absolute atomic E-state index is 0.0766. The molecule has 1 saturated carbocycles. The largest absolute Gasteiger partial charge is 0.327 e. The predicted molar refractivity (Wildman–Crippen MR) is 115 cm³/mol. The van der Waals surface area contributed by atoms with Crippen molar-refractivity contribution in [3.05, 3.63) is 48.0 Å². The van der Waals surface area contributed by atoms with Gasteiger partial charge < -0.3 is 10.2 Å². The number of imide groups is 1. The molecule has 1 aliphatic carbocycles. The molecule has 0 bridgehead atoms. The highest BCUT2D eigenvalue weighted by atomic mass is 32.1. The van der Waals surface area contributed by atoms with Crippen LogP contribution in [0.15, 0.2) is 42.5 Å². The average molecular weight is 420 g/mol. The summed E-state index contributed by atoms with van der Waals surface area (Å²) in [6, 6.07) is 13.4. The summed E-state index contributed by atoms with van der Waals surface area (Å²) >= 11 is 1.63. The van der Waals surface area contributed by atoms with Gasteiger partial charge in [-0.2, -0.15) is 0 Å². The highest BCUT2D eigenvalue weighted by Crippen LogP contribution is 2.32. The lowest BCUT2D eigenvalue weighted by Crippen LogP contribution is -2.39. The molecule has 3 aromatic rings. The van der Waals surface area contributed by atoms with E-state index >= 15 is 0 Å².